The van der Waals surface area contributed by atoms with Crippen LogP contribution >= 0.6 is 47.8 Å². The van der Waals surface area contributed by atoms with Gasteiger partial charge in [0.25, 0.3) is 5.91 Å². The van der Waals surface area contributed by atoms with E-state index in [2.05, 4.69) is 58.3 Å². The number of ether oxygens (including phenoxy) is 1. The molecule has 0 bridgehead atoms. The Morgan fingerprint density at radius 1 is 1.30 bits per heavy atom. The second-order valence-corrected chi connectivity index (χ2v) is 6.80. The summed E-state index contributed by atoms with van der Waals surface area (Å²) in [4.78, 5) is 11.7. The summed E-state index contributed by atoms with van der Waals surface area (Å²) in [6, 6.07) is 7.25. The molecule has 0 aliphatic heterocycles. The average Bonchev–Trinajstić information content (AvgIpc) is 2.99. The highest BCUT2D eigenvalue weighted by atomic mass is 79.9. The van der Waals surface area contributed by atoms with Crippen LogP contribution in [-0.2, 0) is 4.79 Å². The molecule has 0 saturated heterocycles. The molecule has 23 heavy (non-hydrogen) atoms. The van der Waals surface area contributed by atoms with Gasteiger partial charge >= 0.3 is 0 Å². The molecule has 0 atom stereocenters. The number of halogens is 3. The summed E-state index contributed by atoms with van der Waals surface area (Å²) in [5.74, 6) is 0.885. The van der Waals surface area contributed by atoms with Crippen LogP contribution in [0.5, 0.6) is 5.75 Å². The second-order valence-electron chi connectivity index (χ2n) is 4.17. The quantitative estimate of drug-likeness (QED) is 0.454. The monoisotopic (exact) mass is 504 g/mol. The zero-order chi connectivity index (χ0) is 16.7. The summed E-state index contributed by atoms with van der Waals surface area (Å²) in [6.45, 7) is -0.155. The van der Waals surface area contributed by atoms with Crippen LogP contribution in [0.15, 0.2) is 59.5 Å². The molecule has 2 aromatic rings. The summed E-state index contributed by atoms with van der Waals surface area (Å²) in [5.41, 5.74) is 2.37. The van der Waals surface area contributed by atoms with Crippen LogP contribution in [-0.4, -0.2) is 18.7 Å². The molecule has 2 rings (SSSR count). The number of furan rings is 1. The van der Waals surface area contributed by atoms with E-state index in [1.54, 1.807) is 24.5 Å². The van der Waals surface area contributed by atoms with E-state index in [9.17, 15) is 4.79 Å². The van der Waals surface area contributed by atoms with Crippen LogP contribution in [0, 0.1) is 0 Å². The van der Waals surface area contributed by atoms with E-state index in [1.165, 1.54) is 6.21 Å². The lowest BCUT2D eigenvalue weighted by Crippen LogP contribution is -2.24. The summed E-state index contributed by atoms with van der Waals surface area (Å²) < 4.78 is 12.9. The zero-order valence-corrected chi connectivity index (χ0v) is 16.4. The first-order chi connectivity index (χ1) is 11.1. The number of carbonyl (C=O) groups is 1. The van der Waals surface area contributed by atoms with Crippen LogP contribution < -0.4 is 10.2 Å². The number of allylic oxidation sites excluding steroid dienone is 1. The van der Waals surface area contributed by atoms with E-state index in [1.807, 2.05) is 18.2 Å². The fourth-order valence-electron chi connectivity index (χ4n) is 1.51. The number of nitrogens with one attached hydrogen (secondary N) is 1. The van der Waals surface area contributed by atoms with Crippen molar-refractivity contribution in [2.45, 2.75) is 0 Å². The average molecular weight is 507 g/mol. The molecule has 1 aromatic heterocycles. The number of amides is 1. The lowest BCUT2D eigenvalue weighted by Gasteiger charge is -2.09. The van der Waals surface area contributed by atoms with E-state index >= 15 is 0 Å². The standard InChI is InChI=1S/C15H11Br3N2O3/c16-10-7-12(17)15(13(18)8-10)23-9-14(21)20-19-5-1-3-11-4-2-6-22-11/h1-8H,9H2,(H,20,21)/b3-1+,19-5?. The smallest absolute Gasteiger partial charge is 0.277 e. The van der Waals surface area contributed by atoms with E-state index in [4.69, 9.17) is 9.15 Å². The largest absolute Gasteiger partial charge is 0.481 e. The Morgan fingerprint density at radius 2 is 2.04 bits per heavy atom. The van der Waals surface area contributed by atoms with Gasteiger partial charge < -0.3 is 9.15 Å². The molecule has 1 aromatic carbocycles. The summed E-state index contributed by atoms with van der Waals surface area (Å²) >= 11 is 10.1. The highest BCUT2D eigenvalue weighted by Gasteiger charge is 2.10. The molecular formula is C15H11Br3N2O3. The Labute approximate surface area is 158 Å². The van der Waals surface area contributed by atoms with Gasteiger partial charge in [-0.15, -0.1) is 0 Å². The molecule has 0 aliphatic rings. The minimum absolute atomic E-state index is 0.155. The Hall–Kier alpha value is -1.38. The molecule has 1 heterocycles. The van der Waals surface area contributed by atoms with Gasteiger partial charge in [-0.3, -0.25) is 4.79 Å². The van der Waals surface area contributed by atoms with E-state index in [0.717, 1.165) is 13.4 Å². The van der Waals surface area contributed by atoms with Crippen molar-refractivity contribution in [3.05, 3.63) is 55.8 Å². The van der Waals surface area contributed by atoms with Crippen molar-refractivity contribution in [2.24, 2.45) is 5.10 Å². The van der Waals surface area contributed by atoms with Crippen LogP contribution in [0.3, 0.4) is 0 Å². The third-order valence-electron chi connectivity index (χ3n) is 2.46. The normalized spacial score (nSPS) is 11.3. The van der Waals surface area contributed by atoms with Crippen molar-refractivity contribution >= 4 is 66.0 Å². The van der Waals surface area contributed by atoms with Crippen molar-refractivity contribution in [1.82, 2.24) is 5.43 Å². The zero-order valence-electron chi connectivity index (χ0n) is 11.6. The first-order valence-electron chi connectivity index (χ1n) is 6.35. The Kier molecular flexibility index (Phi) is 7.07. The van der Waals surface area contributed by atoms with Gasteiger partial charge in [0, 0.05) is 10.7 Å². The van der Waals surface area contributed by atoms with Crippen molar-refractivity contribution in [1.29, 1.82) is 0 Å². The molecule has 5 nitrogen and oxygen atoms in total. The van der Waals surface area contributed by atoms with Gasteiger partial charge in [-0.2, -0.15) is 5.10 Å². The van der Waals surface area contributed by atoms with Crippen molar-refractivity contribution in [2.75, 3.05) is 6.61 Å². The molecule has 8 heteroatoms. The van der Waals surface area contributed by atoms with Gasteiger partial charge in [0.2, 0.25) is 0 Å². The minimum Gasteiger partial charge on any atom is -0.481 e. The number of benzene rings is 1. The maximum atomic E-state index is 11.7. The Balaban J connectivity index is 1.79. The highest BCUT2D eigenvalue weighted by Crippen LogP contribution is 2.36. The minimum atomic E-state index is -0.366. The van der Waals surface area contributed by atoms with Gasteiger partial charge in [-0.05, 0) is 68.3 Å². The fourth-order valence-corrected chi connectivity index (χ4v) is 4.00. The van der Waals surface area contributed by atoms with Crippen molar-refractivity contribution < 1.29 is 13.9 Å². The van der Waals surface area contributed by atoms with Gasteiger partial charge in [-0.1, -0.05) is 15.9 Å². The maximum absolute atomic E-state index is 11.7. The molecule has 1 amide bonds. The molecular weight excluding hydrogens is 496 g/mol. The fraction of sp³-hybridized carbons (Fsp3) is 0.0667. The second kappa shape index (κ2) is 9.05. The number of hydrogen-bond acceptors (Lipinski definition) is 4. The van der Waals surface area contributed by atoms with Crippen LogP contribution in [0.2, 0.25) is 0 Å². The molecule has 0 unspecified atom stereocenters. The molecule has 0 spiro atoms. The molecule has 1 N–H and O–H groups in total. The van der Waals surface area contributed by atoms with Gasteiger partial charge in [0.1, 0.15) is 11.5 Å². The summed E-state index contributed by atoms with van der Waals surface area (Å²) in [5, 5.41) is 3.78. The topological polar surface area (TPSA) is 63.8 Å². The first-order valence-corrected chi connectivity index (χ1v) is 8.73. The number of carbonyl (C=O) groups excluding carboxylic acids is 1. The van der Waals surface area contributed by atoms with E-state index in [-0.39, 0.29) is 12.5 Å². The number of nitrogens with zero attached hydrogens (tertiary/aromatic N) is 1. The Bertz CT molecular complexity index is 705. The third kappa shape index (κ3) is 5.96. The maximum Gasteiger partial charge on any atom is 0.277 e. The molecule has 120 valence electrons. The number of hydrogen-bond donors (Lipinski definition) is 1. The van der Waals surface area contributed by atoms with Gasteiger partial charge in [-0.25, -0.2) is 5.43 Å². The SMILES string of the molecule is O=C(COc1c(Br)cc(Br)cc1Br)NN=C/C=C/c1ccco1. The summed E-state index contributed by atoms with van der Waals surface area (Å²) in [7, 11) is 0. The van der Waals surface area contributed by atoms with Gasteiger partial charge in [0.15, 0.2) is 6.61 Å². The molecule has 0 saturated carbocycles. The molecule has 0 fully saturated rings. The molecule has 0 radical (unpaired) electrons. The predicted molar refractivity (Wildman–Crippen MR) is 99.4 cm³/mol. The highest BCUT2D eigenvalue weighted by molar-refractivity contribution is 9.11. The van der Waals surface area contributed by atoms with Crippen LogP contribution in [0.4, 0.5) is 0 Å². The number of rotatable bonds is 6. The van der Waals surface area contributed by atoms with E-state index in [0.29, 0.717) is 11.5 Å². The van der Waals surface area contributed by atoms with Crippen molar-refractivity contribution in [3.63, 3.8) is 0 Å². The predicted octanol–water partition coefficient (Wildman–Crippen LogP) is 4.76. The third-order valence-corrected chi connectivity index (χ3v) is 4.10. The van der Waals surface area contributed by atoms with Gasteiger partial charge in [0.05, 0.1) is 15.2 Å². The Morgan fingerprint density at radius 3 is 2.70 bits per heavy atom. The van der Waals surface area contributed by atoms with Crippen LogP contribution in [0.25, 0.3) is 6.08 Å². The number of hydrazone groups is 1. The lowest BCUT2D eigenvalue weighted by molar-refractivity contribution is -0.123. The molecule has 0 aliphatic carbocycles. The van der Waals surface area contributed by atoms with E-state index < -0.39 is 0 Å². The summed E-state index contributed by atoms with van der Waals surface area (Å²) in [6.07, 6.45) is 6.41. The van der Waals surface area contributed by atoms with Crippen LogP contribution in [0.1, 0.15) is 5.76 Å². The van der Waals surface area contributed by atoms with Crippen molar-refractivity contribution in [3.8, 4) is 5.75 Å². The lowest BCUT2D eigenvalue weighted by atomic mass is 10.3. The first kappa shape index (κ1) is 18.0.